The first-order valence-electron chi connectivity index (χ1n) is 6.85. The zero-order chi connectivity index (χ0) is 15.1. The third kappa shape index (κ3) is 5.06. The molecule has 0 saturated heterocycles. The first kappa shape index (κ1) is 18.0. The van der Waals surface area contributed by atoms with E-state index in [0.29, 0.717) is 12.1 Å². The van der Waals surface area contributed by atoms with Crippen LogP contribution in [0.5, 0.6) is 5.75 Å². The van der Waals surface area contributed by atoms with Gasteiger partial charge < -0.3 is 27.6 Å². The molecule has 4 nitrogen and oxygen atoms in total. The highest BCUT2D eigenvalue weighted by Gasteiger charge is 2.07. The number of hydrogen-bond acceptors (Lipinski definition) is 3. The van der Waals surface area contributed by atoms with E-state index >= 15 is 0 Å². The summed E-state index contributed by atoms with van der Waals surface area (Å²) in [5, 5.41) is 12.4. The Balaban J connectivity index is 0.00000242. The van der Waals surface area contributed by atoms with Crippen LogP contribution in [-0.4, -0.2) is 24.7 Å². The van der Waals surface area contributed by atoms with Crippen LogP contribution in [0.25, 0.3) is 0 Å². The lowest BCUT2D eigenvalue weighted by molar-refractivity contribution is -0.0000203. The van der Waals surface area contributed by atoms with E-state index in [9.17, 15) is 4.79 Å². The molecule has 2 aromatic carbocycles. The third-order valence-electron chi connectivity index (χ3n) is 3.31. The Kier molecular flexibility index (Phi) is 7.43. The van der Waals surface area contributed by atoms with Gasteiger partial charge in [-0.05, 0) is 42.3 Å². The van der Waals surface area contributed by atoms with E-state index < -0.39 is 5.97 Å². The maximum atomic E-state index is 11.1. The standard InChI is InChI=1S/C17H19NO3.ClH/c1-21-15-8-6-13(7-9-15)10-11-18-12-14-4-2-3-5-16(14)17(19)20;/h2-9,18H,10-12H2,1H3,(H,19,20);1H/p-1. The number of nitrogens with one attached hydrogen (secondary N) is 1. The molecular weight excluding hydrogens is 302 g/mol. The van der Waals surface area contributed by atoms with Crippen LogP contribution in [0, 0.1) is 0 Å². The van der Waals surface area contributed by atoms with E-state index in [1.807, 2.05) is 36.4 Å². The Morgan fingerprint density at radius 1 is 1.14 bits per heavy atom. The zero-order valence-corrected chi connectivity index (χ0v) is 13.1. The second kappa shape index (κ2) is 9.07. The van der Waals surface area contributed by atoms with Gasteiger partial charge in [-0.3, -0.25) is 0 Å². The maximum Gasteiger partial charge on any atom is 0.336 e. The number of methoxy groups -OCH3 is 1. The van der Waals surface area contributed by atoms with Gasteiger partial charge in [0.25, 0.3) is 0 Å². The average Bonchev–Trinajstić information content (AvgIpc) is 2.52. The van der Waals surface area contributed by atoms with Crippen LogP contribution in [0.4, 0.5) is 0 Å². The summed E-state index contributed by atoms with van der Waals surface area (Å²) in [7, 11) is 1.65. The molecule has 0 radical (unpaired) electrons. The van der Waals surface area contributed by atoms with E-state index in [2.05, 4.69) is 5.32 Å². The van der Waals surface area contributed by atoms with Crippen LogP contribution in [-0.2, 0) is 13.0 Å². The second-order valence-electron chi connectivity index (χ2n) is 4.74. The number of aromatic carboxylic acids is 1. The fraction of sp³-hybridized carbons (Fsp3) is 0.235. The van der Waals surface area contributed by atoms with Crippen molar-refractivity contribution in [3.63, 3.8) is 0 Å². The first-order valence-corrected chi connectivity index (χ1v) is 6.85. The minimum Gasteiger partial charge on any atom is -1.00 e. The molecule has 0 spiro atoms. The molecular formula is C17H19ClNO3-. The normalized spacial score (nSPS) is 9.86. The van der Waals surface area contributed by atoms with Crippen LogP contribution in [0.15, 0.2) is 48.5 Å². The van der Waals surface area contributed by atoms with Gasteiger partial charge in [0.1, 0.15) is 5.75 Å². The average molecular weight is 321 g/mol. The van der Waals surface area contributed by atoms with Crippen molar-refractivity contribution < 1.29 is 27.0 Å². The van der Waals surface area contributed by atoms with Crippen molar-refractivity contribution in [3.8, 4) is 5.75 Å². The van der Waals surface area contributed by atoms with Crippen LogP contribution < -0.4 is 22.5 Å². The van der Waals surface area contributed by atoms with Crippen molar-refractivity contribution in [2.75, 3.05) is 13.7 Å². The predicted octanol–water partition coefficient (Wildman–Crippen LogP) is -0.270. The fourth-order valence-electron chi connectivity index (χ4n) is 2.13. The van der Waals surface area contributed by atoms with E-state index in [4.69, 9.17) is 9.84 Å². The van der Waals surface area contributed by atoms with Crippen LogP contribution in [0.2, 0.25) is 0 Å². The maximum absolute atomic E-state index is 11.1. The lowest BCUT2D eigenvalue weighted by Gasteiger charge is -2.08. The summed E-state index contributed by atoms with van der Waals surface area (Å²) < 4.78 is 5.12. The fourth-order valence-corrected chi connectivity index (χ4v) is 2.13. The van der Waals surface area contributed by atoms with Gasteiger partial charge in [0.15, 0.2) is 0 Å². The summed E-state index contributed by atoms with van der Waals surface area (Å²) in [6, 6.07) is 15.0. The third-order valence-corrected chi connectivity index (χ3v) is 3.31. The molecule has 0 heterocycles. The van der Waals surface area contributed by atoms with Gasteiger partial charge in [-0.2, -0.15) is 0 Å². The topological polar surface area (TPSA) is 58.6 Å². The van der Waals surface area contributed by atoms with Crippen molar-refractivity contribution in [3.05, 3.63) is 65.2 Å². The summed E-state index contributed by atoms with van der Waals surface area (Å²) in [5.41, 5.74) is 2.38. The van der Waals surface area contributed by atoms with Gasteiger partial charge in [-0.1, -0.05) is 30.3 Å². The van der Waals surface area contributed by atoms with E-state index in [1.54, 1.807) is 19.2 Å². The molecule has 2 aromatic rings. The quantitative estimate of drug-likeness (QED) is 0.690. The highest BCUT2D eigenvalue weighted by Crippen LogP contribution is 2.12. The Labute approximate surface area is 136 Å². The lowest BCUT2D eigenvalue weighted by atomic mass is 10.1. The van der Waals surface area contributed by atoms with Gasteiger partial charge >= 0.3 is 5.97 Å². The Morgan fingerprint density at radius 2 is 1.82 bits per heavy atom. The number of benzene rings is 2. The SMILES string of the molecule is COc1ccc(CCNCc2ccccc2C(=O)O)cc1.[Cl-]. The van der Waals surface area contributed by atoms with Gasteiger partial charge in [0.2, 0.25) is 0 Å². The summed E-state index contributed by atoms with van der Waals surface area (Å²) in [5.74, 6) is -0.0374. The van der Waals surface area contributed by atoms with E-state index in [-0.39, 0.29) is 12.4 Å². The smallest absolute Gasteiger partial charge is 0.336 e. The Hall–Kier alpha value is -2.04. The Bertz CT molecular complexity index is 599. The molecule has 0 amide bonds. The summed E-state index contributed by atoms with van der Waals surface area (Å²) in [6.07, 6.45) is 0.888. The molecule has 0 bridgehead atoms. The minimum absolute atomic E-state index is 0. The van der Waals surface area contributed by atoms with Crippen molar-refractivity contribution >= 4 is 5.97 Å². The van der Waals surface area contributed by atoms with Gasteiger partial charge in [0.05, 0.1) is 12.7 Å². The zero-order valence-electron chi connectivity index (χ0n) is 12.4. The summed E-state index contributed by atoms with van der Waals surface area (Å²) in [6.45, 7) is 1.35. The number of hydrogen-bond donors (Lipinski definition) is 2. The summed E-state index contributed by atoms with van der Waals surface area (Å²) >= 11 is 0. The molecule has 5 heteroatoms. The van der Waals surface area contributed by atoms with E-state index in [0.717, 1.165) is 24.3 Å². The van der Waals surface area contributed by atoms with Crippen molar-refractivity contribution in [2.45, 2.75) is 13.0 Å². The van der Waals surface area contributed by atoms with Crippen molar-refractivity contribution in [2.24, 2.45) is 0 Å². The lowest BCUT2D eigenvalue weighted by Crippen LogP contribution is -3.00. The molecule has 118 valence electrons. The van der Waals surface area contributed by atoms with Crippen molar-refractivity contribution in [1.29, 1.82) is 0 Å². The van der Waals surface area contributed by atoms with Crippen LogP contribution in [0.3, 0.4) is 0 Å². The number of ether oxygens (including phenoxy) is 1. The molecule has 0 aliphatic rings. The highest BCUT2D eigenvalue weighted by atomic mass is 35.5. The molecule has 0 saturated carbocycles. The number of rotatable bonds is 7. The van der Waals surface area contributed by atoms with Crippen molar-refractivity contribution in [1.82, 2.24) is 5.32 Å². The molecule has 0 atom stereocenters. The summed E-state index contributed by atoms with van der Waals surface area (Å²) in [4.78, 5) is 11.1. The molecule has 22 heavy (non-hydrogen) atoms. The van der Waals surface area contributed by atoms with E-state index in [1.165, 1.54) is 5.56 Å². The Morgan fingerprint density at radius 3 is 2.45 bits per heavy atom. The van der Waals surface area contributed by atoms with Gasteiger partial charge in [0, 0.05) is 6.54 Å². The molecule has 0 aliphatic heterocycles. The highest BCUT2D eigenvalue weighted by molar-refractivity contribution is 5.89. The van der Waals surface area contributed by atoms with Crippen LogP contribution in [0.1, 0.15) is 21.5 Å². The number of halogens is 1. The largest absolute Gasteiger partial charge is 1.00 e. The monoisotopic (exact) mass is 320 g/mol. The first-order chi connectivity index (χ1) is 10.2. The minimum atomic E-state index is -0.887. The molecule has 0 aliphatic carbocycles. The van der Waals surface area contributed by atoms with Crippen LogP contribution >= 0.6 is 0 Å². The molecule has 2 rings (SSSR count). The number of carboxylic acid groups (broad SMARTS) is 1. The number of carboxylic acids is 1. The molecule has 0 aromatic heterocycles. The molecule has 0 fully saturated rings. The number of carbonyl (C=O) groups is 1. The van der Waals surface area contributed by atoms with Gasteiger partial charge in [-0.25, -0.2) is 4.79 Å². The van der Waals surface area contributed by atoms with Gasteiger partial charge in [-0.15, -0.1) is 0 Å². The predicted molar refractivity (Wildman–Crippen MR) is 81.8 cm³/mol. The second-order valence-corrected chi connectivity index (χ2v) is 4.74. The molecule has 2 N–H and O–H groups in total. The molecule has 0 unspecified atom stereocenters.